The van der Waals surface area contributed by atoms with Crippen LogP contribution in [-0.2, 0) is 15.4 Å². The quantitative estimate of drug-likeness (QED) is 0.720. The molecule has 0 unspecified atom stereocenters. The van der Waals surface area contributed by atoms with Gasteiger partial charge in [0.1, 0.15) is 10.7 Å². The molecule has 1 aromatic heterocycles. The van der Waals surface area contributed by atoms with Crippen LogP contribution in [0.25, 0.3) is 0 Å². The van der Waals surface area contributed by atoms with E-state index < -0.39 is 26.6 Å². The zero-order valence-corrected chi connectivity index (χ0v) is 17.6. The van der Waals surface area contributed by atoms with E-state index in [2.05, 4.69) is 5.32 Å². The fourth-order valence-corrected chi connectivity index (χ4v) is 5.10. The molecule has 1 heterocycles. The number of rotatable bonds is 8. The molecule has 2 rings (SSSR count). The maximum atomic E-state index is 14.2. The molecule has 1 aromatic carbocycles. The van der Waals surface area contributed by atoms with Crippen molar-refractivity contribution in [2.75, 3.05) is 19.6 Å². The summed E-state index contributed by atoms with van der Waals surface area (Å²) in [5.74, 6) is -1.30. The summed E-state index contributed by atoms with van der Waals surface area (Å²) in [5, 5.41) is 4.80. The highest BCUT2D eigenvalue weighted by atomic mass is 32.2. The first-order valence-electron chi connectivity index (χ1n) is 8.75. The first kappa shape index (κ1) is 21.5. The normalized spacial score (nSPS) is 12.4. The van der Waals surface area contributed by atoms with Crippen molar-refractivity contribution in [3.05, 3.63) is 52.0 Å². The SMILES string of the molecule is CCN(CC)S(=O)(=O)c1cc(C(=O)NCC(C)(C)c2cccs2)ccc1F. The second-order valence-electron chi connectivity index (χ2n) is 6.78. The average Bonchev–Trinajstić information content (AvgIpc) is 3.16. The topological polar surface area (TPSA) is 66.5 Å². The molecule has 27 heavy (non-hydrogen) atoms. The monoisotopic (exact) mass is 412 g/mol. The molecule has 1 amide bonds. The van der Waals surface area contributed by atoms with Crippen LogP contribution in [0.15, 0.2) is 40.6 Å². The maximum absolute atomic E-state index is 14.2. The molecule has 1 N–H and O–H groups in total. The van der Waals surface area contributed by atoms with Gasteiger partial charge in [-0.2, -0.15) is 4.31 Å². The first-order chi connectivity index (χ1) is 12.6. The molecule has 2 aromatic rings. The Balaban J connectivity index is 2.23. The van der Waals surface area contributed by atoms with E-state index in [-0.39, 0.29) is 24.1 Å². The standard InChI is InChI=1S/C19H25FN2O3S2/c1-5-22(6-2)27(24,25)16-12-14(9-10-15(16)20)18(23)21-13-19(3,4)17-8-7-11-26-17/h7-12H,5-6,13H2,1-4H3,(H,21,23). The van der Waals surface area contributed by atoms with Crippen molar-refractivity contribution in [2.24, 2.45) is 0 Å². The predicted molar refractivity (Wildman–Crippen MR) is 106 cm³/mol. The zero-order valence-electron chi connectivity index (χ0n) is 16.0. The summed E-state index contributed by atoms with van der Waals surface area (Å²) >= 11 is 1.61. The number of nitrogens with one attached hydrogen (secondary N) is 1. The molecule has 0 saturated heterocycles. The summed E-state index contributed by atoms with van der Waals surface area (Å²) in [6.07, 6.45) is 0. The lowest BCUT2D eigenvalue weighted by molar-refractivity contribution is 0.0945. The minimum Gasteiger partial charge on any atom is -0.351 e. The molecule has 148 valence electrons. The highest BCUT2D eigenvalue weighted by Crippen LogP contribution is 2.27. The third kappa shape index (κ3) is 4.75. The second kappa shape index (κ2) is 8.50. The van der Waals surface area contributed by atoms with Crippen molar-refractivity contribution in [1.29, 1.82) is 0 Å². The first-order valence-corrected chi connectivity index (χ1v) is 11.1. The summed E-state index contributed by atoms with van der Waals surface area (Å²) < 4.78 is 40.6. The number of nitrogens with zero attached hydrogens (tertiary/aromatic N) is 1. The van der Waals surface area contributed by atoms with E-state index in [1.165, 1.54) is 6.07 Å². The zero-order chi connectivity index (χ0) is 20.2. The van der Waals surface area contributed by atoms with Gasteiger partial charge in [-0.15, -0.1) is 11.3 Å². The van der Waals surface area contributed by atoms with Crippen LogP contribution in [-0.4, -0.2) is 38.3 Å². The molecule has 0 radical (unpaired) electrons. The minimum absolute atomic E-state index is 0.115. The highest BCUT2D eigenvalue weighted by Gasteiger charge is 2.27. The van der Waals surface area contributed by atoms with Gasteiger partial charge in [-0.3, -0.25) is 4.79 Å². The number of thiophene rings is 1. The molecule has 5 nitrogen and oxygen atoms in total. The number of benzene rings is 1. The van der Waals surface area contributed by atoms with Crippen LogP contribution in [0.4, 0.5) is 4.39 Å². The van der Waals surface area contributed by atoms with Crippen molar-refractivity contribution in [3.63, 3.8) is 0 Å². The van der Waals surface area contributed by atoms with Crippen molar-refractivity contribution in [2.45, 2.75) is 38.0 Å². The maximum Gasteiger partial charge on any atom is 0.251 e. The third-order valence-electron chi connectivity index (χ3n) is 4.40. The molecule has 0 aliphatic rings. The van der Waals surface area contributed by atoms with Crippen molar-refractivity contribution < 1.29 is 17.6 Å². The third-order valence-corrected chi connectivity index (χ3v) is 7.70. The molecule has 0 aliphatic heterocycles. The van der Waals surface area contributed by atoms with Crippen LogP contribution in [0.5, 0.6) is 0 Å². The number of amides is 1. The van der Waals surface area contributed by atoms with Crippen molar-refractivity contribution >= 4 is 27.3 Å². The van der Waals surface area contributed by atoms with Gasteiger partial charge in [0.15, 0.2) is 0 Å². The smallest absolute Gasteiger partial charge is 0.251 e. The van der Waals surface area contributed by atoms with Crippen LogP contribution in [0.2, 0.25) is 0 Å². The Kier molecular flexibility index (Phi) is 6.77. The number of halogens is 1. The van der Waals surface area contributed by atoms with Gasteiger partial charge in [0, 0.05) is 35.5 Å². The van der Waals surface area contributed by atoms with Crippen LogP contribution < -0.4 is 5.32 Å². The highest BCUT2D eigenvalue weighted by molar-refractivity contribution is 7.89. The molecule has 8 heteroatoms. The van der Waals surface area contributed by atoms with Gasteiger partial charge < -0.3 is 5.32 Å². The lowest BCUT2D eigenvalue weighted by atomic mass is 9.91. The summed E-state index contributed by atoms with van der Waals surface area (Å²) in [7, 11) is -3.99. The lowest BCUT2D eigenvalue weighted by Gasteiger charge is -2.24. The largest absolute Gasteiger partial charge is 0.351 e. The minimum atomic E-state index is -3.99. The summed E-state index contributed by atoms with van der Waals surface area (Å²) in [6.45, 7) is 8.22. The summed E-state index contributed by atoms with van der Waals surface area (Å²) in [4.78, 5) is 13.2. The molecule has 0 saturated carbocycles. The van der Waals surface area contributed by atoms with Gasteiger partial charge in [0.2, 0.25) is 10.0 Å². The van der Waals surface area contributed by atoms with Crippen LogP contribution >= 0.6 is 11.3 Å². The Bertz CT molecular complexity index is 890. The van der Waals surface area contributed by atoms with Crippen molar-refractivity contribution in [3.8, 4) is 0 Å². The van der Waals surface area contributed by atoms with Crippen LogP contribution in [0.3, 0.4) is 0 Å². The van der Waals surface area contributed by atoms with Crippen molar-refractivity contribution in [1.82, 2.24) is 9.62 Å². The fraction of sp³-hybridized carbons (Fsp3) is 0.421. The van der Waals surface area contributed by atoms with Gasteiger partial charge >= 0.3 is 0 Å². The Morgan fingerprint density at radius 3 is 2.44 bits per heavy atom. The van der Waals surface area contributed by atoms with E-state index in [0.717, 1.165) is 21.3 Å². The Hall–Kier alpha value is -1.77. The number of sulfonamides is 1. The van der Waals surface area contributed by atoms with E-state index in [4.69, 9.17) is 0 Å². The second-order valence-corrected chi connectivity index (χ2v) is 9.63. The Morgan fingerprint density at radius 1 is 1.22 bits per heavy atom. The summed E-state index contributed by atoms with van der Waals surface area (Å²) in [6, 6.07) is 7.38. The van der Waals surface area contributed by atoms with Crippen LogP contribution in [0.1, 0.15) is 42.9 Å². The number of carbonyl (C=O) groups excluding carboxylic acids is 1. The molecule has 0 atom stereocenters. The Morgan fingerprint density at radius 2 is 1.89 bits per heavy atom. The predicted octanol–water partition coefficient (Wildman–Crippen LogP) is 3.63. The van der Waals surface area contributed by atoms with Gasteiger partial charge in [0.25, 0.3) is 5.91 Å². The van der Waals surface area contributed by atoms with Crippen LogP contribution in [0, 0.1) is 5.82 Å². The van der Waals surface area contributed by atoms with Gasteiger partial charge in [-0.1, -0.05) is 33.8 Å². The van der Waals surface area contributed by atoms with Gasteiger partial charge in [-0.05, 0) is 29.6 Å². The molecule has 0 bridgehead atoms. The fourth-order valence-electron chi connectivity index (χ4n) is 2.70. The number of carbonyl (C=O) groups is 1. The van der Waals surface area contributed by atoms with E-state index in [1.807, 2.05) is 31.4 Å². The van der Waals surface area contributed by atoms with E-state index in [1.54, 1.807) is 25.2 Å². The van der Waals surface area contributed by atoms with E-state index in [9.17, 15) is 17.6 Å². The van der Waals surface area contributed by atoms with Gasteiger partial charge in [-0.25, -0.2) is 12.8 Å². The van der Waals surface area contributed by atoms with E-state index in [0.29, 0.717) is 6.54 Å². The van der Waals surface area contributed by atoms with E-state index >= 15 is 0 Å². The molecular weight excluding hydrogens is 387 g/mol. The number of hydrogen-bond acceptors (Lipinski definition) is 4. The molecular formula is C19H25FN2O3S2. The van der Waals surface area contributed by atoms with Gasteiger partial charge in [0.05, 0.1) is 0 Å². The average molecular weight is 413 g/mol. The summed E-state index contributed by atoms with van der Waals surface area (Å²) in [5.41, 5.74) is -0.149. The molecule has 0 aliphatic carbocycles. The lowest BCUT2D eigenvalue weighted by Crippen LogP contribution is -2.36. The molecule has 0 fully saturated rings. The molecule has 0 spiro atoms. The Labute approximate surface area is 164 Å². The number of hydrogen-bond donors (Lipinski definition) is 1.